The second-order valence-electron chi connectivity index (χ2n) is 4.77. The Kier molecular flexibility index (Phi) is 4.66. The Balaban J connectivity index is 1.71. The van der Waals surface area contributed by atoms with Crippen molar-refractivity contribution in [2.45, 2.75) is 6.92 Å². The third kappa shape index (κ3) is 3.66. The van der Waals surface area contributed by atoms with Crippen molar-refractivity contribution in [1.82, 2.24) is 20.4 Å². The summed E-state index contributed by atoms with van der Waals surface area (Å²) in [5.74, 6) is -0.688. The molecular formula is C16H12FN5OS. The molecular weight excluding hydrogens is 329 g/mol. The molecule has 3 aromatic rings. The first-order chi connectivity index (χ1) is 11.6. The monoisotopic (exact) mass is 341 g/mol. The highest BCUT2D eigenvalue weighted by molar-refractivity contribution is 7.17. The van der Waals surface area contributed by atoms with Gasteiger partial charge in [-0.25, -0.2) is 14.8 Å². The summed E-state index contributed by atoms with van der Waals surface area (Å²) in [6.45, 7) is 1.75. The van der Waals surface area contributed by atoms with Gasteiger partial charge in [0, 0.05) is 12.4 Å². The fraction of sp³-hybridized carbons (Fsp3) is 0.0625. The van der Waals surface area contributed by atoms with E-state index in [1.54, 1.807) is 37.6 Å². The fourth-order valence-corrected chi connectivity index (χ4v) is 2.81. The van der Waals surface area contributed by atoms with Gasteiger partial charge in [-0.05, 0) is 24.6 Å². The zero-order valence-corrected chi connectivity index (χ0v) is 13.4. The van der Waals surface area contributed by atoms with Gasteiger partial charge in [0.2, 0.25) is 0 Å². The summed E-state index contributed by atoms with van der Waals surface area (Å²) in [6, 6.07) is 5.78. The minimum atomic E-state index is -0.362. The first kappa shape index (κ1) is 15.9. The van der Waals surface area contributed by atoms with Crippen LogP contribution in [0.4, 0.5) is 4.39 Å². The molecule has 2 heterocycles. The summed E-state index contributed by atoms with van der Waals surface area (Å²) in [4.78, 5) is 25.1. The van der Waals surface area contributed by atoms with Gasteiger partial charge in [-0.3, -0.25) is 14.8 Å². The largest absolute Gasteiger partial charge is 0.283 e. The Hall–Kier alpha value is -3.00. The van der Waals surface area contributed by atoms with E-state index in [1.807, 2.05) is 0 Å². The second-order valence-corrected chi connectivity index (χ2v) is 5.77. The molecule has 0 atom stereocenters. The standard InChI is InChI=1S/C16H12FN5OS/c1-10-14(24-16(21-10)13-9-18-6-7-19-13)15(23)22-20-8-11-2-4-12(17)5-3-11/h2-9H,1H3,(H,22,23). The van der Waals surface area contributed by atoms with Crippen LogP contribution in [0.3, 0.4) is 0 Å². The van der Waals surface area contributed by atoms with E-state index in [0.29, 0.717) is 26.8 Å². The molecule has 3 rings (SSSR count). The maximum atomic E-state index is 12.8. The maximum absolute atomic E-state index is 12.8. The molecule has 0 radical (unpaired) electrons. The van der Waals surface area contributed by atoms with Crippen LogP contribution >= 0.6 is 11.3 Å². The van der Waals surface area contributed by atoms with E-state index < -0.39 is 0 Å². The van der Waals surface area contributed by atoms with E-state index in [4.69, 9.17) is 0 Å². The molecule has 0 aliphatic carbocycles. The maximum Gasteiger partial charge on any atom is 0.283 e. The number of amides is 1. The number of nitrogens with one attached hydrogen (secondary N) is 1. The first-order valence-corrected chi connectivity index (χ1v) is 7.78. The molecule has 0 bridgehead atoms. The van der Waals surface area contributed by atoms with Gasteiger partial charge in [-0.15, -0.1) is 11.3 Å². The summed E-state index contributed by atoms with van der Waals surface area (Å²) in [5.41, 5.74) is 4.32. The Labute approximate surface area is 141 Å². The number of hydrogen-bond acceptors (Lipinski definition) is 6. The van der Waals surface area contributed by atoms with Gasteiger partial charge in [0.25, 0.3) is 5.91 Å². The van der Waals surface area contributed by atoms with Gasteiger partial charge in [-0.1, -0.05) is 12.1 Å². The van der Waals surface area contributed by atoms with Gasteiger partial charge < -0.3 is 0 Å². The summed E-state index contributed by atoms with van der Waals surface area (Å²) in [7, 11) is 0. The lowest BCUT2D eigenvalue weighted by Gasteiger charge is -1.97. The van der Waals surface area contributed by atoms with Crippen LogP contribution in [-0.4, -0.2) is 27.1 Å². The van der Waals surface area contributed by atoms with Crippen LogP contribution < -0.4 is 5.43 Å². The number of aryl methyl sites for hydroxylation is 1. The molecule has 0 saturated carbocycles. The number of thiazole rings is 1. The first-order valence-electron chi connectivity index (χ1n) is 6.96. The zero-order chi connectivity index (χ0) is 16.9. The lowest BCUT2D eigenvalue weighted by Crippen LogP contribution is -2.17. The Morgan fingerprint density at radius 2 is 2.08 bits per heavy atom. The van der Waals surface area contributed by atoms with Gasteiger partial charge in [0.05, 0.1) is 18.1 Å². The highest BCUT2D eigenvalue weighted by Crippen LogP contribution is 2.25. The number of carbonyl (C=O) groups excluding carboxylic acids is 1. The third-order valence-electron chi connectivity index (χ3n) is 3.03. The van der Waals surface area contributed by atoms with Crippen LogP contribution in [-0.2, 0) is 0 Å². The molecule has 120 valence electrons. The lowest BCUT2D eigenvalue weighted by atomic mass is 10.2. The average Bonchev–Trinajstić information content (AvgIpc) is 2.99. The number of nitrogens with zero attached hydrogens (tertiary/aromatic N) is 4. The van der Waals surface area contributed by atoms with Crippen LogP contribution in [0.15, 0.2) is 48.0 Å². The van der Waals surface area contributed by atoms with Gasteiger partial charge >= 0.3 is 0 Å². The molecule has 2 aromatic heterocycles. The molecule has 0 saturated heterocycles. The molecule has 0 unspecified atom stereocenters. The Morgan fingerprint density at radius 1 is 1.29 bits per heavy atom. The second kappa shape index (κ2) is 7.05. The van der Waals surface area contributed by atoms with E-state index >= 15 is 0 Å². The van der Waals surface area contributed by atoms with Crippen LogP contribution in [0.1, 0.15) is 20.9 Å². The third-order valence-corrected chi connectivity index (χ3v) is 4.21. The van der Waals surface area contributed by atoms with Crippen molar-refractivity contribution >= 4 is 23.5 Å². The number of hydrogen-bond donors (Lipinski definition) is 1. The number of rotatable bonds is 4. The molecule has 24 heavy (non-hydrogen) atoms. The number of carbonyl (C=O) groups is 1. The number of benzene rings is 1. The summed E-state index contributed by atoms with van der Waals surface area (Å²) in [6.07, 6.45) is 6.17. The highest BCUT2D eigenvalue weighted by Gasteiger charge is 2.16. The molecule has 1 aromatic carbocycles. The van der Waals surface area contributed by atoms with Crippen LogP contribution in [0.25, 0.3) is 10.7 Å². The molecule has 8 heteroatoms. The van der Waals surface area contributed by atoms with Crippen molar-refractivity contribution in [2.24, 2.45) is 5.10 Å². The molecule has 0 spiro atoms. The van der Waals surface area contributed by atoms with Gasteiger partial charge in [0.15, 0.2) is 0 Å². The van der Waals surface area contributed by atoms with E-state index in [2.05, 4.69) is 25.5 Å². The lowest BCUT2D eigenvalue weighted by molar-refractivity contribution is 0.0958. The summed E-state index contributed by atoms with van der Waals surface area (Å²) < 4.78 is 12.8. The molecule has 1 N–H and O–H groups in total. The quantitative estimate of drug-likeness (QED) is 0.584. The van der Waals surface area contributed by atoms with E-state index in [-0.39, 0.29) is 11.7 Å². The molecule has 1 amide bonds. The fourth-order valence-electron chi connectivity index (χ4n) is 1.89. The van der Waals surface area contributed by atoms with Gasteiger partial charge in [-0.2, -0.15) is 5.10 Å². The van der Waals surface area contributed by atoms with E-state index in [1.165, 1.54) is 29.7 Å². The van der Waals surface area contributed by atoms with Crippen molar-refractivity contribution in [2.75, 3.05) is 0 Å². The highest BCUT2D eigenvalue weighted by atomic mass is 32.1. The summed E-state index contributed by atoms with van der Waals surface area (Å²) in [5, 5.41) is 4.49. The number of aromatic nitrogens is 3. The zero-order valence-electron chi connectivity index (χ0n) is 12.6. The van der Waals surface area contributed by atoms with Gasteiger partial charge in [0.1, 0.15) is 21.4 Å². The van der Waals surface area contributed by atoms with E-state index in [9.17, 15) is 9.18 Å². The van der Waals surface area contributed by atoms with Crippen LogP contribution in [0.5, 0.6) is 0 Å². The van der Waals surface area contributed by atoms with Crippen molar-refractivity contribution < 1.29 is 9.18 Å². The van der Waals surface area contributed by atoms with Crippen molar-refractivity contribution in [3.05, 3.63) is 64.8 Å². The predicted molar refractivity (Wildman–Crippen MR) is 89.3 cm³/mol. The molecule has 0 fully saturated rings. The molecule has 0 aliphatic rings. The topological polar surface area (TPSA) is 80.1 Å². The molecule has 0 aliphatic heterocycles. The number of hydrazone groups is 1. The number of halogens is 1. The SMILES string of the molecule is Cc1nc(-c2cnccn2)sc1C(=O)NN=Cc1ccc(F)cc1. The van der Waals surface area contributed by atoms with Crippen molar-refractivity contribution in [1.29, 1.82) is 0 Å². The predicted octanol–water partition coefficient (Wildman–Crippen LogP) is 2.81. The minimum absolute atomic E-state index is 0.326. The Bertz CT molecular complexity index is 877. The molecule has 6 nitrogen and oxygen atoms in total. The van der Waals surface area contributed by atoms with Crippen molar-refractivity contribution in [3.8, 4) is 10.7 Å². The van der Waals surface area contributed by atoms with Crippen LogP contribution in [0.2, 0.25) is 0 Å². The van der Waals surface area contributed by atoms with Crippen LogP contribution in [0, 0.1) is 12.7 Å². The van der Waals surface area contributed by atoms with Crippen molar-refractivity contribution in [3.63, 3.8) is 0 Å². The summed E-state index contributed by atoms with van der Waals surface area (Å²) >= 11 is 1.22. The average molecular weight is 341 g/mol. The van der Waals surface area contributed by atoms with E-state index in [0.717, 1.165) is 0 Å². The minimum Gasteiger partial charge on any atom is -0.266 e. The normalized spacial score (nSPS) is 10.9. The smallest absolute Gasteiger partial charge is 0.266 e. The Morgan fingerprint density at radius 3 is 2.79 bits per heavy atom.